The van der Waals surface area contributed by atoms with Crippen molar-refractivity contribution >= 4 is 17.4 Å². The summed E-state index contributed by atoms with van der Waals surface area (Å²) in [5.41, 5.74) is 1.57. The van der Waals surface area contributed by atoms with Crippen LogP contribution >= 0.6 is 0 Å². The summed E-state index contributed by atoms with van der Waals surface area (Å²) < 4.78 is 0. The van der Waals surface area contributed by atoms with Gasteiger partial charge in [-0.05, 0) is 11.6 Å². The molecule has 0 saturated carbocycles. The molecule has 0 fully saturated rings. The van der Waals surface area contributed by atoms with Crippen molar-refractivity contribution in [2.24, 2.45) is 0 Å². The summed E-state index contributed by atoms with van der Waals surface area (Å²) in [7, 11) is 0. The summed E-state index contributed by atoms with van der Waals surface area (Å²) in [5, 5.41) is 13.6. The van der Waals surface area contributed by atoms with Crippen LogP contribution < -0.4 is 10.6 Å². The van der Waals surface area contributed by atoms with Gasteiger partial charge in [0.2, 0.25) is 0 Å². The zero-order valence-corrected chi connectivity index (χ0v) is 8.92. The van der Waals surface area contributed by atoms with E-state index >= 15 is 0 Å². The summed E-state index contributed by atoms with van der Waals surface area (Å²) in [6.07, 6.45) is 1.55. The molecular weight excluding hydrogens is 216 g/mol. The van der Waals surface area contributed by atoms with Crippen LogP contribution in [0.5, 0.6) is 0 Å². The van der Waals surface area contributed by atoms with Gasteiger partial charge in [-0.2, -0.15) is 5.10 Å². The number of fused-ring (bicyclic) bond motifs is 1. The minimum atomic E-state index is -0.416. The molecule has 84 valence electrons. The van der Waals surface area contributed by atoms with Gasteiger partial charge in [0, 0.05) is 0 Å². The maximum atomic E-state index is 11.9. The average Bonchev–Trinajstić information content (AvgIpc) is 2.39. The van der Waals surface area contributed by atoms with Crippen molar-refractivity contribution in [3.8, 4) is 0 Å². The van der Waals surface area contributed by atoms with Crippen LogP contribution in [0.4, 0.5) is 11.5 Å². The second kappa shape index (κ2) is 3.86. The second-order valence-corrected chi connectivity index (χ2v) is 3.77. The van der Waals surface area contributed by atoms with Gasteiger partial charge >= 0.3 is 0 Å². The zero-order chi connectivity index (χ0) is 11.7. The number of hydrogen-bond donors (Lipinski definition) is 2. The molecule has 0 aliphatic carbocycles. The van der Waals surface area contributed by atoms with Crippen molar-refractivity contribution in [3.05, 3.63) is 48.2 Å². The summed E-state index contributed by atoms with van der Waals surface area (Å²) in [4.78, 5) is 11.9. The Labute approximate surface area is 97.9 Å². The number of anilines is 2. The van der Waals surface area contributed by atoms with Crippen LogP contribution in [-0.4, -0.2) is 16.1 Å². The standard InChI is InChI=1S/C12H10N4O/c17-12-10(8-4-2-1-3-5-8)15-11-9(14-12)6-7-13-16-11/h1-7,10H,(H,14,17)(H,15,16). The largest absolute Gasteiger partial charge is 0.352 e. The third-order valence-electron chi connectivity index (χ3n) is 2.65. The third-order valence-corrected chi connectivity index (χ3v) is 2.65. The lowest BCUT2D eigenvalue weighted by molar-refractivity contribution is -0.117. The van der Waals surface area contributed by atoms with Crippen molar-refractivity contribution in [1.29, 1.82) is 0 Å². The second-order valence-electron chi connectivity index (χ2n) is 3.77. The number of carbonyl (C=O) groups is 1. The summed E-state index contributed by atoms with van der Waals surface area (Å²) in [6, 6.07) is 10.8. The predicted molar refractivity (Wildman–Crippen MR) is 63.5 cm³/mol. The minimum Gasteiger partial charge on any atom is -0.352 e. The number of benzene rings is 1. The summed E-state index contributed by atoms with van der Waals surface area (Å²) >= 11 is 0. The lowest BCUT2D eigenvalue weighted by Gasteiger charge is -2.25. The molecule has 1 aromatic heterocycles. The molecule has 1 aliphatic heterocycles. The lowest BCUT2D eigenvalue weighted by Crippen LogP contribution is -2.32. The van der Waals surface area contributed by atoms with E-state index in [1.165, 1.54) is 0 Å². The molecule has 0 saturated heterocycles. The van der Waals surface area contributed by atoms with Crippen molar-refractivity contribution in [3.63, 3.8) is 0 Å². The monoisotopic (exact) mass is 226 g/mol. The highest BCUT2D eigenvalue weighted by molar-refractivity contribution is 6.02. The maximum Gasteiger partial charge on any atom is 0.251 e. The molecule has 1 amide bonds. The van der Waals surface area contributed by atoms with E-state index in [0.29, 0.717) is 11.5 Å². The van der Waals surface area contributed by atoms with Crippen LogP contribution in [0.15, 0.2) is 42.6 Å². The number of nitrogens with zero attached hydrogens (tertiary/aromatic N) is 2. The molecule has 5 nitrogen and oxygen atoms in total. The number of aromatic nitrogens is 2. The first-order valence-corrected chi connectivity index (χ1v) is 5.28. The molecule has 0 radical (unpaired) electrons. The molecule has 0 bridgehead atoms. The third kappa shape index (κ3) is 1.71. The van der Waals surface area contributed by atoms with Gasteiger partial charge in [-0.1, -0.05) is 30.3 Å². The Morgan fingerprint density at radius 1 is 1.12 bits per heavy atom. The normalized spacial score (nSPS) is 17.9. The fourth-order valence-corrected chi connectivity index (χ4v) is 1.83. The molecule has 3 rings (SSSR count). The number of amides is 1. The maximum absolute atomic E-state index is 11.9. The lowest BCUT2D eigenvalue weighted by atomic mass is 10.0. The van der Waals surface area contributed by atoms with Crippen LogP contribution in [0, 0.1) is 0 Å². The van der Waals surface area contributed by atoms with Crippen molar-refractivity contribution in [2.75, 3.05) is 10.6 Å². The van der Waals surface area contributed by atoms with Crippen LogP contribution in [0.1, 0.15) is 11.6 Å². The van der Waals surface area contributed by atoms with Crippen molar-refractivity contribution in [2.45, 2.75) is 6.04 Å². The Morgan fingerprint density at radius 3 is 2.76 bits per heavy atom. The molecule has 1 aromatic carbocycles. The topological polar surface area (TPSA) is 66.9 Å². The Balaban J connectivity index is 1.98. The fourth-order valence-electron chi connectivity index (χ4n) is 1.83. The molecule has 1 aliphatic rings. The molecular formula is C12H10N4O. The first-order chi connectivity index (χ1) is 8.34. The van der Waals surface area contributed by atoms with Gasteiger partial charge in [0.15, 0.2) is 5.82 Å². The van der Waals surface area contributed by atoms with E-state index in [1.54, 1.807) is 12.3 Å². The van der Waals surface area contributed by atoms with Crippen LogP contribution in [-0.2, 0) is 4.79 Å². The number of nitrogens with one attached hydrogen (secondary N) is 2. The average molecular weight is 226 g/mol. The van der Waals surface area contributed by atoms with Crippen LogP contribution in [0.25, 0.3) is 0 Å². The van der Waals surface area contributed by atoms with E-state index in [4.69, 9.17) is 0 Å². The highest BCUT2D eigenvalue weighted by atomic mass is 16.2. The van der Waals surface area contributed by atoms with Crippen molar-refractivity contribution < 1.29 is 4.79 Å². The Morgan fingerprint density at radius 2 is 1.94 bits per heavy atom. The summed E-state index contributed by atoms with van der Waals surface area (Å²) in [6.45, 7) is 0. The Kier molecular flexibility index (Phi) is 2.22. The van der Waals surface area contributed by atoms with E-state index < -0.39 is 6.04 Å². The molecule has 17 heavy (non-hydrogen) atoms. The molecule has 0 spiro atoms. The first-order valence-electron chi connectivity index (χ1n) is 5.28. The van der Waals surface area contributed by atoms with Gasteiger partial charge in [0.25, 0.3) is 5.91 Å². The Bertz CT molecular complexity index is 555. The van der Waals surface area contributed by atoms with Gasteiger partial charge in [-0.25, -0.2) is 0 Å². The first kappa shape index (κ1) is 9.77. The molecule has 2 N–H and O–H groups in total. The smallest absolute Gasteiger partial charge is 0.251 e. The van der Waals surface area contributed by atoms with Gasteiger partial charge in [-0.3, -0.25) is 4.79 Å². The van der Waals surface area contributed by atoms with Gasteiger partial charge in [0.05, 0.1) is 11.9 Å². The quantitative estimate of drug-likeness (QED) is 0.774. The molecule has 1 unspecified atom stereocenters. The van der Waals surface area contributed by atoms with Gasteiger partial charge in [0.1, 0.15) is 6.04 Å². The van der Waals surface area contributed by atoms with E-state index in [1.807, 2.05) is 30.3 Å². The SMILES string of the molecule is O=C1Nc2ccnnc2NC1c1ccccc1. The van der Waals surface area contributed by atoms with Crippen LogP contribution in [0.2, 0.25) is 0 Å². The highest BCUT2D eigenvalue weighted by Gasteiger charge is 2.27. The van der Waals surface area contributed by atoms with E-state index in [2.05, 4.69) is 20.8 Å². The number of rotatable bonds is 1. The van der Waals surface area contributed by atoms with E-state index in [9.17, 15) is 4.79 Å². The highest BCUT2D eigenvalue weighted by Crippen LogP contribution is 2.29. The number of carbonyl (C=O) groups excluding carboxylic acids is 1. The van der Waals surface area contributed by atoms with Crippen molar-refractivity contribution in [1.82, 2.24) is 10.2 Å². The molecule has 2 aromatic rings. The summed E-state index contributed by atoms with van der Waals surface area (Å²) in [5.74, 6) is 0.512. The predicted octanol–water partition coefficient (Wildman–Crippen LogP) is 1.58. The van der Waals surface area contributed by atoms with E-state index in [0.717, 1.165) is 5.56 Å². The van der Waals surface area contributed by atoms with E-state index in [-0.39, 0.29) is 5.91 Å². The van der Waals surface area contributed by atoms with Crippen LogP contribution in [0.3, 0.4) is 0 Å². The fraction of sp³-hybridized carbons (Fsp3) is 0.0833. The molecule has 1 atom stereocenters. The van der Waals surface area contributed by atoms with Gasteiger partial charge < -0.3 is 10.6 Å². The molecule has 2 heterocycles. The van der Waals surface area contributed by atoms with Gasteiger partial charge in [-0.15, -0.1) is 5.10 Å². The Hall–Kier alpha value is -2.43. The zero-order valence-electron chi connectivity index (χ0n) is 8.92. The molecule has 5 heteroatoms. The minimum absolute atomic E-state index is 0.0864. The number of hydrogen-bond acceptors (Lipinski definition) is 4.